The molecule has 0 bridgehead atoms. The summed E-state index contributed by atoms with van der Waals surface area (Å²) in [6, 6.07) is 1.65. The lowest BCUT2D eigenvalue weighted by atomic mass is 9.76. The summed E-state index contributed by atoms with van der Waals surface area (Å²) in [6.07, 6.45) is 1.98. The van der Waals surface area contributed by atoms with Gasteiger partial charge in [-0.05, 0) is 31.2 Å². The van der Waals surface area contributed by atoms with Gasteiger partial charge in [-0.25, -0.2) is 4.79 Å². The van der Waals surface area contributed by atoms with E-state index in [1.54, 1.807) is 6.07 Å². The van der Waals surface area contributed by atoms with Gasteiger partial charge in [0.1, 0.15) is 5.69 Å². The number of nitrogens with zero attached hydrogens (tertiary/aromatic N) is 1. The standard InChI is InChI=1S/C16H25N3O3/c1-5-11(9-6-10(20)7-9)17-14(21)12-8-13(16(2,3)4)19-15(22)18-12/h8-11,20H,5-7H2,1-4H3,(H,17,21)(H,18,19,22)/t9?,10?,11-/m0/s1. The normalized spacial score (nSPS) is 22.8. The van der Waals surface area contributed by atoms with E-state index in [-0.39, 0.29) is 29.2 Å². The van der Waals surface area contributed by atoms with Gasteiger partial charge in [-0.2, -0.15) is 4.98 Å². The Morgan fingerprint density at radius 2 is 2.14 bits per heavy atom. The first-order chi connectivity index (χ1) is 10.2. The number of H-pyrrole nitrogens is 1. The van der Waals surface area contributed by atoms with Gasteiger partial charge in [0.15, 0.2) is 0 Å². The van der Waals surface area contributed by atoms with Crippen molar-refractivity contribution in [1.82, 2.24) is 15.3 Å². The van der Waals surface area contributed by atoms with Crippen molar-refractivity contribution in [3.8, 4) is 0 Å². The van der Waals surface area contributed by atoms with E-state index in [0.29, 0.717) is 11.6 Å². The van der Waals surface area contributed by atoms with Crippen LogP contribution in [0.2, 0.25) is 0 Å². The highest BCUT2D eigenvalue weighted by molar-refractivity contribution is 5.92. The van der Waals surface area contributed by atoms with Crippen LogP contribution in [-0.4, -0.2) is 33.1 Å². The molecule has 22 heavy (non-hydrogen) atoms. The predicted octanol–water partition coefficient (Wildman–Crippen LogP) is 1.35. The SMILES string of the molecule is CC[C@H](NC(=O)c1cc(C(C)(C)C)[nH]c(=O)n1)C1CC(O)C1. The molecule has 1 aromatic heterocycles. The molecule has 0 aliphatic heterocycles. The van der Waals surface area contributed by atoms with Gasteiger partial charge in [0.2, 0.25) is 0 Å². The highest BCUT2D eigenvalue weighted by Crippen LogP contribution is 2.31. The molecule has 1 saturated carbocycles. The third kappa shape index (κ3) is 3.74. The quantitative estimate of drug-likeness (QED) is 0.782. The second kappa shape index (κ2) is 6.20. The largest absolute Gasteiger partial charge is 0.393 e. The van der Waals surface area contributed by atoms with Gasteiger partial charge in [-0.3, -0.25) is 4.79 Å². The van der Waals surface area contributed by atoms with E-state index in [1.807, 2.05) is 27.7 Å². The molecular formula is C16H25N3O3. The van der Waals surface area contributed by atoms with Gasteiger partial charge in [0.05, 0.1) is 6.10 Å². The van der Waals surface area contributed by atoms with Crippen molar-refractivity contribution in [2.75, 3.05) is 0 Å². The average molecular weight is 307 g/mol. The molecule has 122 valence electrons. The van der Waals surface area contributed by atoms with Crippen molar-refractivity contribution in [1.29, 1.82) is 0 Å². The van der Waals surface area contributed by atoms with Gasteiger partial charge in [0.25, 0.3) is 5.91 Å². The molecule has 1 aliphatic carbocycles. The van der Waals surface area contributed by atoms with Crippen molar-refractivity contribution in [3.05, 3.63) is 27.9 Å². The lowest BCUT2D eigenvalue weighted by Gasteiger charge is -2.37. The number of carbonyl (C=O) groups is 1. The maximum absolute atomic E-state index is 12.4. The fraction of sp³-hybridized carbons (Fsp3) is 0.688. The van der Waals surface area contributed by atoms with Gasteiger partial charge >= 0.3 is 5.69 Å². The van der Waals surface area contributed by atoms with E-state index < -0.39 is 5.69 Å². The van der Waals surface area contributed by atoms with E-state index in [4.69, 9.17) is 0 Å². The van der Waals surface area contributed by atoms with Crippen molar-refractivity contribution < 1.29 is 9.90 Å². The minimum absolute atomic E-state index is 0.00933. The van der Waals surface area contributed by atoms with Gasteiger partial charge in [-0.15, -0.1) is 0 Å². The highest BCUT2D eigenvalue weighted by Gasteiger charge is 2.34. The number of aromatic nitrogens is 2. The number of hydrogen-bond acceptors (Lipinski definition) is 4. The van der Waals surface area contributed by atoms with Crippen LogP contribution in [0.15, 0.2) is 10.9 Å². The molecule has 0 aromatic carbocycles. The Labute approximate surface area is 130 Å². The Morgan fingerprint density at radius 3 is 2.64 bits per heavy atom. The first-order valence-electron chi connectivity index (χ1n) is 7.81. The highest BCUT2D eigenvalue weighted by atomic mass is 16.3. The Balaban J connectivity index is 2.15. The van der Waals surface area contributed by atoms with E-state index >= 15 is 0 Å². The van der Waals surface area contributed by atoms with Crippen LogP contribution in [0.4, 0.5) is 0 Å². The summed E-state index contributed by atoms with van der Waals surface area (Å²) in [6.45, 7) is 7.89. The lowest BCUT2D eigenvalue weighted by Crippen LogP contribution is -2.47. The maximum Gasteiger partial charge on any atom is 0.345 e. The number of amides is 1. The molecule has 6 nitrogen and oxygen atoms in total. The number of aromatic amines is 1. The molecule has 2 rings (SSSR count). The molecule has 1 atom stereocenters. The fourth-order valence-corrected chi connectivity index (χ4v) is 2.73. The van der Waals surface area contributed by atoms with Gasteiger partial charge in [-0.1, -0.05) is 27.7 Å². The van der Waals surface area contributed by atoms with Crippen LogP contribution in [0.25, 0.3) is 0 Å². The van der Waals surface area contributed by atoms with E-state index in [0.717, 1.165) is 19.3 Å². The molecule has 3 N–H and O–H groups in total. The third-order valence-electron chi connectivity index (χ3n) is 4.26. The maximum atomic E-state index is 12.4. The van der Waals surface area contributed by atoms with Crippen molar-refractivity contribution >= 4 is 5.91 Å². The van der Waals surface area contributed by atoms with Crippen LogP contribution in [0.3, 0.4) is 0 Å². The zero-order valence-electron chi connectivity index (χ0n) is 13.6. The number of carbonyl (C=O) groups excluding carboxylic acids is 1. The molecular weight excluding hydrogens is 282 g/mol. The molecule has 6 heteroatoms. The summed E-state index contributed by atoms with van der Waals surface area (Å²) in [5.41, 5.74) is 0.0563. The molecule has 0 saturated heterocycles. The summed E-state index contributed by atoms with van der Waals surface area (Å²) in [4.78, 5) is 30.5. The smallest absolute Gasteiger partial charge is 0.345 e. The molecule has 1 aromatic rings. The van der Waals surface area contributed by atoms with Crippen LogP contribution in [0.5, 0.6) is 0 Å². The van der Waals surface area contributed by atoms with Crippen LogP contribution >= 0.6 is 0 Å². The van der Waals surface area contributed by atoms with E-state index in [1.165, 1.54) is 0 Å². The molecule has 1 fully saturated rings. The molecule has 0 radical (unpaired) electrons. The topological polar surface area (TPSA) is 95.1 Å². The molecule has 0 unspecified atom stereocenters. The first-order valence-corrected chi connectivity index (χ1v) is 7.81. The minimum Gasteiger partial charge on any atom is -0.393 e. The summed E-state index contributed by atoms with van der Waals surface area (Å²) in [5.74, 6) is -0.0297. The van der Waals surface area contributed by atoms with Crippen LogP contribution in [-0.2, 0) is 5.41 Å². The Kier molecular flexibility index (Phi) is 4.70. The van der Waals surface area contributed by atoms with Crippen molar-refractivity contribution in [2.45, 2.75) is 64.5 Å². The van der Waals surface area contributed by atoms with E-state index in [9.17, 15) is 14.7 Å². The number of aliphatic hydroxyl groups excluding tert-OH is 1. The number of rotatable bonds is 4. The average Bonchev–Trinajstić information content (AvgIpc) is 2.39. The molecule has 1 aliphatic rings. The molecule has 1 heterocycles. The number of hydrogen-bond donors (Lipinski definition) is 3. The third-order valence-corrected chi connectivity index (χ3v) is 4.26. The Bertz CT molecular complexity index is 597. The second-order valence-electron chi connectivity index (χ2n) is 7.11. The summed E-state index contributed by atoms with van der Waals surface area (Å²) in [5, 5.41) is 12.4. The lowest BCUT2D eigenvalue weighted by molar-refractivity contribution is 0.0232. The van der Waals surface area contributed by atoms with Crippen LogP contribution < -0.4 is 11.0 Å². The second-order valence-corrected chi connectivity index (χ2v) is 7.11. The Hall–Kier alpha value is -1.69. The minimum atomic E-state index is -0.510. The van der Waals surface area contributed by atoms with Crippen molar-refractivity contribution in [2.24, 2.45) is 5.92 Å². The first kappa shape index (κ1) is 16.7. The monoisotopic (exact) mass is 307 g/mol. The summed E-state index contributed by atoms with van der Waals surface area (Å²) in [7, 11) is 0. The zero-order chi connectivity index (χ0) is 16.5. The number of nitrogens with one attached hydrogen (secondary N) is 2. The van der Waals surface area contributed by atoms with Crippen molar-refractivity contribution in [3.63, 3.8) is 0 Å². The summed E-state index contributed by atoms with van der Waals surface area (Å²) >= 11 is 0. The molecule has 1 amide bonds. The van der Waals surface area contributed by atoms with Gasteiger partial charge < -0.3 is 15.4 Å². The van der Waals surface area contributed by atoms with Crippen LogP contribution in [0.1, 0.15) is 63.1 Å². The van der Waals surface area contributed by atoms with Gasteiger partial charge in [0, 0.05) is 17.2 Å². The van der Waals surface area contributed by atoms with Crippen LogP contribution in [0, 0.1) is 5.92 Å². The zero-order valence-corrected chi connectivity index (χ0v) is 13.6. The van der Waals surface area contributed by atoms with E-state index in [2.05, 4.69) is 15.3 Å². The Morgan fingerprint density at radius 1 is 1.50 bits per heavy atom. The predicted molar refractivity (Wildman–Crippen MR) is 83.8 cm³/mol. The number of aliphatic hydroxyl groups is 1. The fourth-order valence-electron chi connectivity index (χ4n) is 2.73. The summed E-state index contributed by atoms with van der Waals surface area (Å²) < 4.78 is 0. The molecule has 0 spiro atoms.